The van der Waals surface area contributed by atoms with Gasteiger partial charge < -0.3 is 21.1 Å². The van der Waals surface area contributed by atoms with E-state index in [1.165, 1.54) is 11.3 Å². The number of piperazine rings is 1. The molecule has 0 bridgehead atoms. The van der Waals surface area contributed by atoms with Crippen molar-refractivity contribution < 1.29 is 14.7 Å². The lowest BCUT2D eigenvalue weighted by molar-refractivity contribution is -0.120. The molecular weight excluding hydrogens is 352 g/mol. The fourth-order valence-corrected chi connectivity index (χ4v) is 3.86. The van der Waals surface area contributed by atoms with E-state index in [9.17, 15) is 14.7 Å². The number of carbonyl (C=O) groups excluding carboxylic acids is 2. The lowest BCUT2D eigenvalue weighted by Gasteiger charge is -2.38. The minimum Gasteiger partial charge on any atom is -0.506 e. The van der Waals surface area contributed by atoms with E-state index < -0.39 is 5.91 Å². The molecular formula is C18H22N4O3S. The molecule has 4 N–H and O–H groups in total. The molecule has 1 aliphatic rings. The molecule has 2 amide bonds. The highest BCUT2D eigenvalue weighted by Crippen LogP contribution is 2.28. The van der Waals surface area contributed by atoms with Gasteiger partial charge in [-0.1, -0.05) is 12.1 Å². The maximum absolute atomic E-state index is 12.5. The number of nitrogens with two attached hydrogens (primary N) is 1. The highest BCUT2D eigenvalue weighted by atomic mass is 32.1. The van der Waals surface area contributed by atoms with E-state index >= 15 is 0 Å². The van der Waals surface area contributed by atoms with Gasteiger partial charge in [-0.3, -0.25) is 14.5 Å². The third kappa shape index (κ3) is 3.81. The van der Waals surface area contributed by atoms with E-state index in [1.54, 1.807) is 23.6 Å². The molecule has 7 nitrogen and oxygen atoms in total. The van der Waals surface area contributed by atoms with E-state index in [-0.39, 0.29) is 17.7 Å². The Hall–Kier alpha value is -2.58. The summed E-state index contributed by atoms with van der Waals surface area (Å²) < 4.78 is 0. The van der Waals surface area contributed by atoms with Crippen LogP contribution in [0.5, 0.6) is 5.75 Å². The summed E-state index contributed by atoms with van der Waals surface area (Å²) >= 11 is 1.28. The quantitative estimate of drug-likeness (QED) is 0.740. The van der Waals surface area contributed by atoms with E-state index in [1.807, 2.05) is 19.1 Å². The number of phenols is 1. The summed E-state index contributed by atoms with van der Waals surface area (Å²) in [5, 5.41) is 15.0. The number of primary amides is 1. The van der Waals surface area contributed by atoms with Crippen LogP contribution in [0.25, 0.3) is 0 Å². The number of thiophene rings is 1. The molecule has 1 unspecified atom stereocenters. The van der Waals surface area contributed by atoms with Crippen molar-refractivity contribution in [1.29, 1.82) is 0 Å². The first-order valence-corrected chi connectivity index (χ1v) is 9.30. The number of hydrogen-bond acceptors (Lipinski definition) is 6. The molecule has 1 aromatic carbocycles. The van der Waals surface area contributed by atoms with Crippen molar-refractivity contribution in [2.45, 2.75) is 13.0 Å². The van der Waals surface area contributed by atoms with Crippen molar-refractivity contribution in [2.75, 3.05) is 36.4 Å². The van der Waals surface area contributed by atoms with Crippen molar-refractivity contribution in [3.05, 3.63) is 41.3 Å². The predicted molar refractivity (Wildman–Crippen MR) is 103 cm³/mol. The second-order valence-electron chi connectivity index (χ2n) is 6.20. The van der Waals surface area contributed by atoms with Crippen LogP contribution in [0.15, 0.2) is 35.7 Å². The van der Waals surface area contributed by atoms with Gasteiger partial charge in [-0.15, -0.1) is 11.3 Å². The monoisotopic (exact) mass is 374 g/mol. The van der Waals surface area contributed by atoms with Crippen LogP contribution in [-0.4, -0.2) is 54.0 Å². The molecule has 1 saturated heterocycles. The molecule has 1 atom stereocenters. The van der Waals surface area contributed by atoms with Gasteiger partial charge in [0.2, 0.25) is 5.91 Å². The van der Waals surface area contributed by atoms with Crippen molar-refractivity contribution in [2.24, 2.45) is 5.73 Å². The number of phenolic OH excluding ortho intramolecular Hbond substituents is 1. The Morgan fingerprint density at radius 2 is 1.88 bits per heavy atom. The number of carbonyl (C=O) groups is 2. The molecule has 3 rings (SSSR count). The van der Waals surface area contributed by atoms with Crippen LogP contribution >= 0.6 is 11.3 Å². The maximum atomic E-state index is 12.5. The van der Waals surface area contributed by atoms with Gasteiger partial charge in [0, 0.05) is 26.2 Å². The molecule has 0 radical (unpaired) electrons. The molecule has 8 heteroatoms. The van der Waals surface area contributed by atoms with Crippen molar-refractivity contribution >= 4 is 33.8 Å². The number of rotatable bonds is 5. The van der Waals surface area contributed by atoms with Gasteiger partial charge in [0.15, 0.2) is 0 Å². The summed E-state index contributed by atoms with van der Waals surface area (Å²) in [5.41, 5.74) is 6.46. The molecule has 138 valence electrons. The second kappa shape index (κ2) is 7.76. The zero-order valence-electron chi connectivity index (χ0n) is 14.5. The Bertz CT molecular complexity index is 799. The summed E-state index contributed by atoms with van der Waals surface area (Å²) in [6, 6.07) is 8.54. The van der Waals surface area contributed by atoms with Gasteiger partial charge in [-0.2, -0.15) is 0 Å². The number of nitrogens with one attached hydrogen (secondary N) is 1. The number of nitrogens with zero attached hydrogens (tertiary/aromatic N) is 2. The Balaban J connectivity index is 1.58. The van der Waals surface area contributed by atoms with Crippen LogP contribution in [-0.2, 0) is 4.79 Å². The van der Waals surface area contributed by atoms with Gasteiger partial charge in [0.25, 0.3) is 5.91 Å². The Labute approximate surface area is 156 Å². The van der Waals surface area contributed by atoms with Gasteiger partial charge in [0.05, 0.1) is 17.3 Å². The lowest BCUT2D eigenvalue weighted by Crippen LogP contribution is -2.52. The number of anilines is 2. The topological polar surface area (TPSA) is 98.9 Å². The summed E-state index contributed by atoms with van der Waals surface area (Å²) in [4.78, 5) is 28.1. The van der Waals surface area contributed by atoms with E-state index in [4.69, 9.17) is 5.73 Å². The zero-order valence-corrected chi connectivity index (χ0v) is 15.3. The van der Waals surface area contributed by atoms with Crippen LogP contribution in [0.2, 0.25) is 0 Å². The fraction of sp³-hybridized carbons (Fsp3) is 0.333. The highest BCUT2D eigenvalue weighted by Gasteiger charge is 2.27. The summed E-state index contributed by atoms with van der Waals surface area (Å²) in [7, 11) is 0. The summed E-state index contributed by atoms with van der Waals surface area (Å²) in [5.74, 6) is -0.445. The number of hydrogen-bond donors (Lipinski definition) is 3. The van der Waals surface area contributed by atoms with Gasteiger partial charge in [0.1, 0.15) is 10.8 Å². The fourth-order valence-electron chi connectivity index (χ4n) is 3.06. The smallest absolute Gasteiger partial charge is 0.251 e. The number of amides is 2. The van der Waals surface area contributed by atoms with Gasteiger partial charge in [-0.25, -0.2) is 0 Å². The van der Waals surface area contributed by atoms with Crippen molar-refractivity contribution in [3.63, 3.8) is 0 Å². The Kier molecular flexibility index (Phi) is 5.43. The first-order chi connectivity index (χ1) is 12.5. The van der Waals surface area contributed by atoms with Crippen LogP contribution in [0.1, 0.15) is 17.3 Å². The molecule has 2 aromatic rings. The van der Waals surface area contributed by atoms with Crippen LogP contribution in [0, 0.1) is 0 Å². The zero-order chi connectivity index (χ0) is 18.7. The average Bonchev–Trinajstić information content (AvgIpc) is 3.10. The minimum absolute atomic E-state index is 0.161. The first kappa shape index (κ1) is 18.2. The van der Waals surface area contributed by atoms with Crippen LogP contribution in [0.3, 0.4) is 0 Å². The minimum atomic E-state index is -0.550. The van der Waals surface area contributed by atoms with Crippen LogP contribution < -0.4 is 16.0 Å². The predicted octanol–water partition coefficient (Wildman–Crippen LogP) is 1.70. The molecule has 0 aliphatic carbocycles. The molecule has 1 fully saturated rings. The Morgan fingerprint density at radius 3 is 2.54 bits per heavy atom. The number of aromatic hydroxyl groups is 1. The van der Waals surface area contributed by atoms with Gasteiger partial charge in [-0.05, 0) is 30.5 Å². The standard InChI is InChI=1S/C18H22N4O3S/c1-12(17(25)20-18-13(16(19)24)6-11-26-18)21-7-9-22(10-8-21)14-4-2-3-5-15(14)23/h2-6,11-12,23H,7-10H2,1H3,(H2,19,24)(H,20,25). The molecule has 0 saturated carbocycles. The molecule has 2 heterocycles. The molecule has 1 aromatic heterocycles. The van der Waals surface area contributed by atoms with Gasteiger partial charge >= 0.3 is 0 Å². The summed E-state index contributed by atoms with van der Waals surface area (Å²) in [6.45, 7) is 4.70. The largest absolute Gasteiger partial charge is 0.506 e. The SMILES string of the molecule is CC(C(=O)Nc1sccc1C(N)=O)N1CCN(c2ccccc2O)CC1. The number of benzene rings is 1. The summed E-state index contributed by atoms with van der Waals surface area (Å²) in [6.07, 6.45) is 0. The van der Waals surface area contributed by atoms with Crippen molar-refractivity contribution in [1.82, 2.24) is 4.90 Å². The maximum Gasteiger partial charge on any atom is 0.251 e. The van der Waals surface area contributed by atoms with Crippen LogP contribution in [0.4, 0.5) is 10.7 Å². The number of para-hydroxylation sites is 2. The highest BCUT2D eigenvalue weighted by molar-refractivity contribution is 7.14. The third-order valence-electron chi connectivity index (χ3n) is 4.63. The van der Waals surface area contributed by atoms with E-state index in [2.05, 4.69) is 15.1 Å². The van der Waals surface area contributed by atoms with Crippen molar-refractivity contribution in [3.8, 4) is 5.75 Å². The first-order valence-electron chi connectivity index (χ1n) is 8.42. The molecule has 0 spiro atoms. The lowest BCUT2D eigenvalue weighted by atomic mass is 10.2. The molecule has 26 heavy (non-hydrogen) atoms. The normalized spacial score (nSPS) is 16.3. The third-order valence-corrected chi connectivity index (χ3v) is 5.46. The average molecular weight is 374 g/mol. The van der Waals surface area contributed by atoms with E-state index in [0.29, 0.717) is 23.7 Å². The van der Waals surface area contributed by atoms with E-state index in [0.717, 1.165) is 18.8 Å². The Morgan fingerprint density at radius 1 is 1.19 bits per heavy atom. The second-order valence-corrected chi connectivity index (χ2v) is 7.12. The molecule has 1 aliphatic heterocycles.